The number of aromatic nitrogens is 1. The third-order valence-electron chi connectivity index (χ3n) is 2.82. The molecule has 1 aliphatic rings. The van der Waals surface area contributed by atoms with Gasteiger partial charge in [-0.15, -0.1) is 0 Å². The summed E-state index contributed by atoms with van der Waals surface area (Å²) < 4.78 is 0. The molecule has 1 atom stereocenters. The lowest BCUT2D eigenvalue weighted by molar-refractivity contribution is 0.264. The Morgan fingerprint density at radius 2 is 2.31 bits per heavy atom. The van der Waals surface area contributed by atoms with Crippen LogP contribution in [-0.2, 0) is 0 Å². The zero-order valence-corrected chi connectivity index (χ0v) is 8.17. The molecule has 70 valence electrons. The molecule has 0 aliphatic heterocycles. The van der Waals surface area contributed by atoms with Crippen LogP contribution in [0.3, 0.4) is 0 Å². The lowest BCUT2D eigenvalue weighted by Crippen LogP contribution is -2.27. The zero-order chi connectivity index (χ0) is 9.26. The lowest BCUT2D eigenvalue weighted by Gasteiger charge is -2.31. The Labute approximate surface area is 83.1 Å². The number of nitrogens with zero attached hydrogens (tertiary/aromatic N) is 1. The van der Waals surface area contributed by atoms with E-state index < -0.39 is 0 Å². The second-order valence-corrected chi connectivity index (χ2v) is 4.02. The molecule has 0 amide bonds. The number of hydrogen-bond donors (Lipinski definition) is 1. The van der Waals surface area contributed by atoms with Gasteiger partial charge in [-0.25, -0.2) is 0 Å². The van der Waals surface area contributed by atoms with E-state index in [0.717, 1.165) is 5.56 Å². The molecule has 1 saturated carbocycles. The maximum absolute atomic E-state index is 6.09. The van der Waals surface area contributed by atoms with Crippen molar-refractivity contribution in [1.82, 2.24) is 4.98 Å². The fourth-order valence-corrected chi connectivity index (χ4v) is 1.95. The third-order valence-corrected chi connectivity index (χ3v) is 3.14. The minimum Gasteiger partial charge on any atom is -0.324 e. The van der Waals surface area contributed by atoms with Crippen molar-refractivity contribution in [2.75, 3.05) is 0 Å². The molecule has 1 fully saturated rings. The Bertz CT molecular complexity index is 297. The van der Waals surface area contributed by atoms with Crippen LogP contribution < -0.4 is 5.73 Å². The minimum absolute atomic E-state index is 0.101. The number of halogens is 1. The van der Waals surface area contributed by atoms with Gasteiger partial charge in [0.05, 0.1) is 5.02 Å². The highest BCUT2D eigenvalue weighted by molar-refractivity contribution is 6.31. The van der Waals surface area contributed by atoms with Gasteiger partial charge in [-0.1, -0.05) is 18.0 Å². The topological polar surface area (TPSA) is 38.9 Å². The normalized spacial score (nSPS) is 19.5. The SMILES string of the molecule is N[C@@H](c1ccncc1Cl)C1CCC1. The highest BCUT2D eigenvalue weighted by Gasteiger charge is 2.26. The number of hydrogen-bond acceptors (Lipinski definition) is 2. The quantitative estimate of drug-likeness (QED) is 0.790. The molecular formula is C10H13ClN2. The predicted octanol–water partition coefficient (Wildman–Crippen LogP) is 2.53. The van der Waals surface area contributed by atoms with E-state index in [1.807, 2.05) is 6.07 Å². The van der Waals surface area contributed by atoms with Crippen LogP contribution in [0.25, 0.3) is 0 Å². The maximum Gasteiger partial charge on any atom is 0.0637 e. The molecule has 0 bridgehead atoms. The first-order valence-electron chi connectivity index (χ1n) is 4.64. The van der Waals surface area contributed by atoms with E-state index in [1.54, 1.807) is 12.4 Å². The summed E-state index contributed by atoms with van der Waals surface area (Å²) in [4.78, 5) is 3.94. The molecule has 2 nitrogen and oxygen atoms in total. The van der Waals surface area contributed by atoms with Crippen molar-refractivity contribution in [3.05, 3.63) is 29.0 Å². The lowest BCUT2D eigenvalue weighted by atomic mass is 9.78. The minimum atomic E-state index is 0.101. The Morgan fingerprint density at radius 3 is 2.85 bits per heavy atom. The Morgan fingerprint density at radius 1 is 1.54 bits per heavy atom. The summed E-state index contributed by atoms with van der Waals surface area (Å²) in [5, 5.41) is 0.696. The van der Waals surface area contributed by atoms with Crippen molar-refractivity contribution in [3.63, 3.8) is 0 Å². The molecule has 1 heterocycles. The molecule has 0 radical (unpaired) electrons. The highest BCUT2D eigenvalue weighted by Crippen LogP contribution is 2.37. The summed E-state index contributed by atoms with van der Waals surface area (Å²) in [7, 11) is 0. The van der Waals surface area contributed by atoms with E-state index in [1.165, 1.54) is 19.3 Å². The molecule has 0 aromatic carbocycles. The van der Waals surface area contributed by atoms with E-state index in [4.69, 9.17) is 17.3 Å². The monoisotopic (exact) mass is 196 g/mol. The van der Waals surface area contributed by atoms with Crippen molar-refractivity contribution in [3.8, 4) is 0 Å². The number of rotatable bonds is 2. The summed E-state index contributed by atoms with van der Waals surface area (Å²) in [6.45, 7) is 0. The van der Waals surface area contributed by atoms with Gasteiger partial charge in [-0.05, 0) is 30.4 Å². The summed E-state index contributed by atoms with van der Waals surface area (Å²) in [6, 6.07) is 2.02. The van der Waals surface area contributed by atoms with E-state index in [-0.39, 0.29) is 6.04 Å². The van der Waals surface area contributed by atoms with Gasteiger partial charge in [0.15, 0.2) is 0 Å². The van der Waals surface area contributed by atoms with Crippen molar-refractivity contribution >= 4 is 11.6 Å². The van der Waals surface area contributed by atoms with Crippen LogP contribution in [0.4, 0.5) is 0 Å². The van der Waals surface area contributed by atoms with Gasteiger partial charge in [0.25, 0.3) is 0 Å². The smallest absolute Gasteiger partial charge is 0.0637 e. The Kier molecular flexibility index (Phi) is 2.51. The van der Waals surface area contributed by atoms with Crippen molar-refractivity contribution in [2.24, 2.45) is 11.7 Å². The predicted molar refractivity (Wildman–Crippen MR) is 53.5 cm³/mol. The first-order chi connectivity index (χ1) is 6.29. The summed E-state index contributed by atoms with van der Waals surface area (Å²) >= 11 is 6.00. The van der Waals surface area contributed by atoms with Crippen molar-refractivity contribution < 1.29 is 0 Å². The molecule has 2 rings (SSSR count). The molecule has 1 aromatic heterocycles. The third kappa shape index (κ3) is 1.69. The maximum atomic E-state index is 6.09. The van der Waals surface area contributed by atoms with Gasteiger partial charge < -0.3 is 5.73 Å². The Hall–Kier alpha value is -0.600. The van der Waals surface area contributed by atoms with Gasteiger partial charge in [-0.3, -0.25) is 4.98 Å². The second kappa shape index (κ2) is 3.64. The first kappa shape index (κ1) is 8.97. The van der Waals surface area contributed by atoms with Crippen molar-refractivity contribution in [1.29, 1.82) is 0 Å². The van der Waals surface area contributed by atoms with Gasteiger partial charge in [0.1, 0.15) is 0 Å². The highest BCUT2D eigenvalue weighted by atomic mass is 35.5. The fourth-order valence-electron chi connectivity index (χ4n) is 1.71. The zero-order valence-electron chi connectivity index (χ0n) is 7.41. The van der Waals surface area contributed by atoms with Crippen LogP contribution in [0.15, 0.2) is 18.5 Å². The van der Waals surface area contributed by atoms with Gasteiger partial charge in [-0.2, -0.15) is 0 Å². The molecule has 0 unspecified atom stereocenters. The van der Waals surface area contributed by atoms with Gasteiger partial charge in [0, 0.05) is 18.4 Å². The van der Waals surface area contributed by atoms with Gasteiger partial charge >= 0.3 is 0 Å². The van der Waals surface area contributed by atoms with E-state index in [0.29, 0.717) is 10.9 Å². The largest absolute Gasteiger partial charge is 0.324 e. The van der Waals surface area contributed by atoms with Crippen LogP contribution in [0.1, 0.15) is 30.9 Å². The Balaban J connectivity index is 2.18. The molecule has 1 aromatic rings. The van der Waals surface area contributed by atoms with Gasteiger partial charge in [0.2, 0.25) is 0 Å². The number of nitrogens with two attached hydrogens (primary N) is 1. The van der Waals surface area contributed by atoms with Crippen LogP contribution in [-0.4, -0.2) is 4.98 Å². The summed E-state index contributed by atoms with van der Waals surface area (Å²) in [6.07, 6.45) is 7.19. The summed E-state index contributed by atoms with van der Waals surface area (Å²) in [5.74, 6) is 0.625. The molecule has 2 N–H and O–H groups in total. The standard InChI is InChI=1S/C10H13ClN2/c11-9-6-13-5-4-8(9)10(12)7-2-1-3-7/h4-7,10H,1-3,12H2/t10-/m1/s1. The fraction of sp³-hybridized carbons (Fsp3) is 0.500. The molecule has 13 heavy (non-hydrogen) atoms. The van der Waals surface area contributed by atoms with Crippen LogP contribution >= 0.6 is 11.6 Å². The summed E-state index contributed by atoms with van der Waals surface area (Å²) in [5.41, 5.74) is 7.13. The molecule has 0 saturated heterocycles. The average molecular weight is 197 g/mol. The average Bonchev–Trinajstić information content (AvgIpc) is 2.01. The van der Waals surface area contributed by atoms with E-state index in [2.05, 4.69) is 4.98 Å². The molecular weight excluding hydrogens is 184 g/mol. The van der Waals surface area contributed by atoms with Crippen molar-refractivity contribution in [2.45, 2.75) is 25.3 Å². The molecule has 3 heteroatoms. The van der Waals surface area contributed by atoms with Crippen LogP contribution in [0.5, 0.6) is 0 Å². The molecule has 1 aliphatic carbocycles. The number of pyridine rings is 1. The van der Waals surface area contributed by atoms with E-state index in [9.17, 15) is 0 Å². The second-order valence-electron chi connectivity index (χ2n) is 3.61. The first-order valence-corrected chi connectivity index (χ1v) is 5.02. The van der Waals surface area contributed by atoms with Crippen LogP contribution in [0.2, 0.25) is 5.02 Å². The van der Waals surface area contributed by atoms with E-state index >= 15 is 0 Å². The molecule has 0 spiro atoms. The van der Waals surface area contributed by atoms with Crippen LogP contribution in [0, 0.1) is 5.92 Å².